The summed E-state index contributed by atoms with van der Waals surface area (Å²) in [5.74, 6) is 1.85. The van der Waals surface area contributed by atoms with Crippen molar-refractivity contribution in [2.45, 2.75) is 25.7 Å². The summed E-state index contributed by atoms with van der Waals surface area (Å²) in [5.41, 5.74) is -0.451. The van der Waals surface area contributed by atoms with Crippen molar-refractivity contribution in [2.24, 2.45) is 17.3 Å². The molecule has 0 unspecified atom stereocenters. The number of fused-ring (bicyclic) bond motifs is 1. The molecule has 1 N–H and O–H groups in total. The summed E-state index contributed by atoms with van der Waals surface area (Å²) in [6, 6.07) is 5.93. The highest BCUT2D eigenvalue weighted by atomic mass is 16.2. The molecule has 0 radical (unpaired) electrons. The summed E-state index contributed by atoms with van der Waals surface area (Å²) in [4.78, 5) is 36.3. The van der Waals surface area contributed by atoms with E-state index in [4.69, 9.17) is 0 Å². The lowest BCUT2D eigenvalue weighted by Gasteiger charge is -2.33. The van der Waals surface area contributed by atoms with Crippen molar-refractivity contribution >= 4 is 17.8 Å². The van der Waals surface area contributed by atoms with E-state index in [1.807, 2.05) is 23.1 Å². The predicted molar refractivity (Wildman–Crippen MR) is 108 cm³/mol. The highest BCUT2D eigenvalue weighted by Crippen LogP contribution is 2.44. The van der Waals surface area contributed by atoms with Crippen LogP contribution in [-0.4, -0.2) is 73.5 Å². The Bertz CT molecular complexity index is 721. The van der Waals surface area contributed by atoms with Gasteiger partial charge >= 0.3 is 6.03 Å². The number of hydrogen-bond donors (Lipinski definition) is 1. The molecule has 1 aromatic rings. The third-order valence-corrected chi connectivity index (χ3v) is 6.51. The number of nitrogens with zero attached hydrogens (tertiary/aromatic N) is 4. The maximum Gasteiger partial charge on any atom is 0.319 e. The smallest absolute Gasteiger partial charge is 0.319 e. The van der Waals surface area contributed by atoms with Gasteiger partial charge in [-0.25, -0.2) is 9.78 Å². The first kappa shape index (κ1) is 19.0. The van der Waals surface area contributed by atoms with Gasteiger partial charge in [0.2, 0.25) is 5.91 Å². The number of rotatable bonds is 4. The Hall–Kier alpha value is -2.31. The number of anilines is 1. The van der Waals surface area contributed by atoms with Crippen LogP contribution in [0.4, 0.5) is 10.6 Å². The van der Waals surface area contributed by atoms with Gasteiger partial charge in [0.1, 0.15) is 5.82 Å². The third kappa shape index (κ3) is 3.66. The summed E-state index contributed by atoms with van der Waals surface area (Å²) >= 11 is 0. The first-order valence-corrected chi connectivity index (χ1v) is 10.4. The first-order valence-electron chi connectivity index (χ1n) is 10.4. The zero-order valence-electron chi connectivity index (χ0n) is 16.9. The van der Waals surface area contributed by atoms with Crippen molar-refractivity contribution in [3.05, 3.63) is 24.4 Å². The number of nitrogens with one attached hydrogen (secondary N) is 1. The number of amides is 3. The number of carbonyl (C=O) groups is 2. The van der Waals surface area contributed by atoms with Gasteiger partial charge in [0, 0.05) is 58.9 Å². The van der Waals surface area contributed by atoms with Gasteiger partial charge in [-0.05, 0) is 43.7 Å². The van der Waals surface area contributed by atoms with Crippen LogP contribution in [0.15, 0.2) is 24.4 Å². The van der Waals surface area contributed by atoms with E-state index in [-0.39, 0.29) is 17.9 Å². The molecule has 3 heterocycles. The van der Waals surface area contributed by atoms with Crippen LogP contribution in [-0.2, 0) is 4.79 Å². The summed E-state index contributed by atoms with van der Waals surface area (Å²) in [7, 11) is 3.58. The van der Waals surface area contributed by atoms with Crippen LogP contribution in [0.1, 0.15) is 25.7 Å². The topological polar surface area (TPSA) is 68.8 Å². The molecule has 0 bridgehead atoms. The Kier molecular flexibility index (Phi) is 5.17. The molecular weight excluding hydrogens is 354 g/mol. The quantitative estimate of drug-likeness (QED) is 0.858. The minimum absolute atomic E-state index is 0.0328. The fraction of sp³-hybridized carbons (Fsp3) is 0.667. The summed E-state index contributed by atoms with van der Waals surface area (Å²) in [6.07, 6.45) is 5.91. The Balaban J connectivity index is 1.58. The van der Waals surface area contributed by atoms with Crippen molar-refractivity contribution in [3.8, 4) is 0 Å². The maximum absolute atomic E-state index is 13.4. The normalized spacial score (nSPS) is 27.1. The summed E-state index contributed by atoms with van der Waals surface area (Å²) < 4.78 is 0. The Morgan fingerprint density at radius 3 is 2.79 bits per heavy atom. The van der Waals surface area contributed by atoms with Crippen LogP contribution >= 0.6 is 0 Å². The van der Waals surface area contributed by atoms with Crippen molar-refractivity contribution in [1.82, 2.24) is 20.1 Å². The molecule has 7 nitrogen and oxygen atoms in total. The molecule has 0 spiro atoms. The molecule has 3 amide bonds. The molecule has 0 aromatic carbocycles. The minimum Gasteiger partial charge on any atom is -0.355 e. The lowest BCUT2D eigenvalue weighted by atomic mass is 9.74. The second-order valence-corrected chi connectivity index (χ2v) is 8.80. The second kappa shape index (κ2) is 7.60. The van der Waals surface area contributed by atoms with Gasteiger partial charge in [0.25, 0.3) is 0 Å². The molecule has 1 aliphatic carbocycles. The molecule has 2 atom stereocenters. The van der Waals surface area contributed by atoms with Gasteiger partial charge in [0.05, 0.1) is 5.41 Å². The molecule has 1 aromatic heterocycles. The van der Waals surface area contributed by atoms with Crippen LogP contribution in [0.25, 0.3) is 0 Å². The predicted octanol–water partition coefficient (Wildman–Crippen LogP) is 1.81. The van der Waals surface area contributed by atoms with Crippen LogP contribution < -0.4 is 10.2 Å². The van der Waals surface area contributed by atoms with Gasteiger partial charge in [-0.1, -0.05) is 6.07 Å². The molecule has 1 saturated carbocycles. The van der Waals surface area contributed by atoms with Crippen LogP contribution in [0.5, 0.6) is 0 Å². The third-order valence-electron chi connectivity index (χ3n) is 6.51. The lowest BCUT2D eigenvalue weighted by Crippen LogP contribution is -2.49. The van der Waals surface area contributed by atoms with Crippen LogP contribution in [0.2, 0.25) is 0 Å². The molecule has 7 heteroatoms. The number of aromatic nitrogens is 1. The Morgan fingerprint density at radius 1 is 1.29 bits per heavy atom. The van der Waals surface area contributed by atoms with Gasteiger partial charge < -0.3 is 20.0 Å². The molecule has 2 saturated heterocycles. The van der Waals surface area contributed by atoms with E-state index in [1.165, 1.54) is 12.8 Å². The van der Waals surface area contributed by atoms with E-state index in [1.54, 1.807) is 25.2 Å². The maximum atomic E-state index is 13.4. The zero-order valence-corrected chi connectivity index (χ0v) is 16.9. The van der Waals surface area contributed by atoms with Crippen molar-refractivity contribution in [3.63, 3.8) is 0 Å². The fourth-order valence-electron chi connectivity index (χ4n) is 4.71. The fourth-order valence-corrected chi connectivity index (χ4v) is 4.71. The molecular formula is C21H31N5O2. The average molecular weight is 386 g/mol. The van der Waals surface area contributed by atoms with E-state index in [0.29, 0.717) is 19.0 Å². The molecule has 2 aliphatic heterocycles. The summed E-state index contributed by atoms with van der Waals surface area (Å²) in [5, 5.41) is 3.24. The van der Waals surface area contributed by atoms with E-state index in [2.05, 4.69) is 15.2 Å². The van der Waals surface area contributed by atoms with Gasteiger partial charge in [-0.15, -0.1) is 0 Å². The monoisotopic (exact) mass is 385 g/mol. The molecule has 3 aliphatic rings. The Labute approximate surface area is 167 Å². The number of pyridine rings is 1. The number of carbonyl (C=O) groups excluding carboxylic acids is 2. The first-order chi connectivity index (χ1) is 13.5. The minimum atomic E-state index is -0.451. The van der Waals surface area contributed by atoms with Gasteiger partial charge in [-0.3, -0.25) is 4.79 Å². The van der Waals surface area contributed by atoms with Crippen LogP contribution in [0.3, 0.4) is 0 Å². The highest BCUT2D eigenvalue weighted by molar-refractivity contribution is 5.85. The number of hydrogen-bond acceptors (Lipinski definition) is 4. The molecule has 4 rings (SSSR count). The van der Waals surface area contributed by atoms with Gasteiger partial charge in [0.15, 0.2) is 0 Å². The second-order valence-electron chi connectivity index (χ2n) is 8.80. The Morgan fingerprint density at radius 2 is 2.11 bits per heavy atom. The molecule has 28 heavy (non-hydrogen) atoms. The van der Waals surface area contributed by atoms with Crippen molar-refractivity contribution in [2.75, 3.05) is 51.7 Å². The standard InChI is InChI=1S/C21H31N5O2/c1-24(2)20(28)25-11-5-9-21(19(27)23-12-16-7-8-16)15-26(14-17(21)13-25)18-6-3-4-10-22-18/h3-4,6,10,16-17H,5,7-9,11-15H2,1-2H3,(H,23,27)/t17-,21-/m0/s1. The van der Waals surface area contributed by atoms with E-state index in [9.17, 15) is 9.59 Å². The lowest BCUT2D eigenvalue weighted by molar-refractivity contribution is -0.132. The van der Waals surface area contributed by atoms with Crippen LogP contribution in [0, 0.1) is 17.3 Å². The highest BCUT2D eigenvalue weighted by Gasteiger charge is 2.53. The SMILES string of the molecule is CN(C)C(=O)N1CCC[C@]2(C(=O)NCC3CC3)CN(c3ccccn3)C[C@@H]2C1. The zero-order chi connectivity index (χ0) is 19.7. The van der Waals surface area contributed by atoms with Crippen molar-refractivity contribution < 1.29 is 9.59 Å². The van der Waals surface area contributed by atoms with E-state index < -0.39 is 5.41 Å². The number of urea groups is 1. The summed E-state index contributed by atoms with van der Waals surface area (Å²) in [6.45, 7) is 3.56. The van der Waals surface area contributed by atoms with Crippen molar-refractivity contribution in [1.29, 1.82) is 0 Å². The van der Waals surface area contributed by atoms with E-state index >= 15 is 0 Å². The number of likely N-dealkylation sites (tertiary alicyclic amines) is 1. The largest absolute Gasteiger partial charge is 0.355 e. The van der Waals surface area contributed by atoms with Gasteiger partial charge in [-0.2, -0.15) is 0 Å². The molecule has 152 valence electrons. The van der Waals surface area contributed by atoms with E-state index in [0.717, 1.165) is 38.3 Å². The molecule has 3 fully saturated rings. The average Bonchev–Trinajstić information content (AvgIpc) is 3.49.